The standard InChI is InChI=1S/C14H26N2O/c15-16-13(9-11-3-1-4-11)12-5-8-17-14(10-12)6-2-7-14/h11-13,16H,1-10,15H2. The van der Waals surface area contributed by atoms with Gasteiger partial charge in [0.1, 0.15) is 0 Å². The summed E-state index contributed by atoms with van der Waals surface area (Å²) in [6.45, 7) is 0.952. The molecule has 1 heterocycles. The van der Waals surface area contributed by atoms with Crippen LogP contribution < -0.4 is 11.3 Å². The summed E-state index contributed by atoms with van der Waals surface area (Å²) in [5, 5.41) is 0. The van der Waals surface area contributed by atoms with E-state index in [9.17, 15) is 0 Å². The van der Waals surface area contributed by atoms with Gasteiger partial charge in [0, 0.05) is 12.6 Å². The molecule has 0 bridgehead atoms. The Kier molecular flexibility index (Phi) is 3.42. The molecule has 3 heteroatoms. The van der Waals surface area contributed by atoms with Crippen molar-refractivity contribution in [3.05, 3.63) is 0 Å². The minimum absolute atomic E-state index is 0.262. The van der Waals surface area contributed by atoms with E-state index in [2.05, 4.69) is 5.43 Å². The minimum atomic E-state index is 0.262. The lowest BCUT2D eigenvalue weighted by molar-refractivity contribution is -0.148. The number of hydrogen-bond acceptors (Lipinski definition) is 3. The maximum atomic E-state index is 6.00. The van der Waals surface area contributed by atoms with Crippen LogP contribution in [0.25, 0.3) is 0 Å². The summed E-state index contributed by atoms with van der Waals surface area (Å²) in [6, 6.07) is 0.529. The van der Waals surface area contributed by atoms with Gasteiger partial charge in [0.25, 0.3) is 0 Å². The van der Waals surface area contributed by atoms with Crippen LogP contribution in [0.4, 0.5) is 0 Å². The van der Waals surface area contributed by atoms with Crippen LogP contribution in [-0.2, 0) is 4.74 Å². The molecule has 2 aliphatic carbocycles. The number of rotatable bonds is 4. The van der Waals surface area contributed by atoms with Gasteiger partial charge in [0.15, 0.2) is 0 Å². The molecule has 0 aromatic carbocycles. The fraction of sp³-hybridized carbons (Fsp3) is 1.00. The summed E-state index contributed by atoms with van der Waals surface area (Å²) in [4.78, 5) is 0. The third-order valence-electron chi connectivity index (χ3n) is 5.39. The summed E-state index contributed by atoms with van der Waals surface area (Å²) in [7, 11) is 0. The van der Waals surface area contributed by atoms with Crippen molar-refractivity contribution < 1.29 is 4.74 Å². The number of hydrazine groups is 1. The van der Waals surface area contributed by atoms with Crippen molar-refractivity contribution >= 4 is 0 Å². The number of nitrogens with one attached hydrogen (secondary N) is 1. The molecule has 98 valence electrons. The number of nitrogens with two attached hydrogens (primary N) is 1. The second-order valence-electron chi connectivity index (χ2n) is 6.44. The molecule has 2 atom stereocenters. The molecule has 3 aliphatic rings. The zero-order valence-electron chi connectivity index (χ0n) is 10.8. The Morgan fingerprint density at radius 2 is 2.06 bits per heavy atom. The quantitative estimate of drug-likeness (QED) is 0.584. The van der Waals surface area contributed by atoms with Gasteiger partial charge in [-0.25, -0.2) is 0 Å². The van der Waals surface area contributed by atoms with Gasteiger partial charge in [-0.05, 0) is 50.4 Å². The Morgan fingerprint density at radius 3 is 2.59 bits per heavy atom. The van der Waals surface area contributed by atoms with E-state index < -0.39 is 0 Å². The van der Waals surface area contributed by atoms with E-state index in [1.807, 2.05) is 0 Å². The maximum absolute atomic E-state index is 6.00. The van der Waals surface area contributed by atoms with E-state index >= 15 is 0 Å². The van der Waals surface area contributed by atoms with Crippen LogP contribution in [-0.4, -0.2) is 18.2 Å². The van der Waals surface area contributed by atoms with Crippen molar-refractivity contribution in [3.8, 4) is 0 Å². The van der Waals surface area contributed by atoms with E-state index in [0.717, 1.165) is 18.4 Å². The SMILES string of the molecule is NNC(CC1CCC1)C1CCOC2(CCC2)C1. The lowest BCUT2D eigenvalue weighted by Crippen LogP contribution is -2.52. The van der Waals surface area contributed by atoms with Crippen LogP contribution in [0.5, 0.6) is 0 Å². The summed E-state index contributed by atoms with van der Waals surface area (Å²) in [5.41, 5.74) is 3.36. The highest BCUT2D eigenvalue weighted by molar-refractivity contribution is 4.96. The molecular weight excluding hydrogens is 212 g/mol. The number of ether oxygens (including phenoxy) is 1. The number of hydrogen-bond donors (Lipinski definition) is 2. The topological polar surface area (TPSA) is 47.3 Å². The lowest BCUT2D eigenvalue weighted by atomic mass is 9.68. The summed E-state index contributed by atoms with van der Waals surface area (Å²) < 4.78 is 6.00. The minimum Gasteiger partial charge on any atom is -0.375 e. The van der Waals surface area contributed by atoms with Gasteiger partial charge in [-0.2, -0.15) is 0 Å². The van der Waals surface area contributed by atoms with Gasteiger partial charge < -0.3 is 4.74 Å². The van der Waals surface area contributed by atoms with Crippen LogP contribution >= 0.6 is 0 Å². The predicted molar refractivity (Wildman–Crippen MR) is 68.3 cm³/mol. The first-order valence-corrected chi connectivity index (χ1v) is 7.41. The van der Waals surface area contributed by atoms with E-state index in [0.29, 0.717) is 6.04 Å². The normalized spacial score (nSPS) is 34.1. The molecule has 1 saturated heterocycles. The molecule has 2 saturated carbocycles. The molecule has 3 fully saturated rings. The smallest absolute Gasteiger partial charge is 0.0685 e. The third kappa shape index (κ3) is 2.38. The molecule has 3 nitrogen and oxygen atoms in total. The molecule has 0 amide bonds. The fourth-order valence-electron chi connectivity index (χ4n) is 3.81. The van der Waals surface area contributed by atoms with Gasteiger partial charge in [-0.15, -0.1) is 0 Å². The summed E-state index contributed by atoms with van der Waals surface area (Å²) >= 11 is 0. The van der Waals surface area contributed by atoms with Crippen LogP contribution in [0.1, 0.15) is 57.8 Å². The molecule has 0 aromatic rings. The van der Waals surface area contributed by atoms with E-state index in [-0.39, 0.29) is 5.60 Å². The molecule has 0 radical (unpaired) electrons. The third-order valence-corrected chi connectivity index (χ3v) is 5.39. The molecule has 0 aromatic heterocycles. The monoisotopic (exact) mass is 238 g/mol. The zero-order chi connectivity index (χ0) is 11.7. The first kappa shape index (κ1) is 11.9. The molecule has 3 rings (SSSR count). The van der Waals surface area contributed by atoms with Crippen molar-refractivity contribution in [2.24, 2.45) is 17.7 Å². The van der Waals surface area contributed by atoms with Gasteiger partial charge in [0.05, 0.1) is 5.60 Å². The van der Waals surface area contributed by atoms with Crippen LogP contribution in [0.2, 0.25) is 0 Å². The zero-order valence-corrected chi connectivity index (χ0v) is 10.8. The highest BCUT2D eigenvalue weighted by atomic mass is 16.5. The predicted octanol–water partition coefficient (Wildman–Crippen LogP) is 2.36. The average molecular weight is 238 g/mol. The second kappa shape index (κ2) is 4.87. The van der Waals surface area contributed by atoms with Gasteiger partial charge in [-0.1, -0.05) is 19.3 Å². The molecule has 1 aliphatic heterocycles. The Morgan fingerprint density at radius 1 is 1.24 bits per heavy atom. The highest BCUT2D eigenvalue weighted by Gasteiger charge is 2.44. The molecule has 17 heavy (non-hydrogen) atoms. The largest absolute Gasteiger partial charge is 0.375 e. The summed E-state index contributed by atoms with van der Waals surface area (Å²) in [6.07, 6.45) is 11.9. The Balaban J connectivity index is 1.56. The van der Waals surface area contributed by atoms with Crippen molar-refractivity contribution in [1.29, 1.82) is 0 Å². The van der Waals surface area contributed by atoms with Crippen molar-refractivity contribution in [3.63, 3.8) is 0 Å². The van der Waals surface area contributed by atoms with Crippen molar-refractivity contribution in [1.82, 2.24) is 5.43 Å². The highest BCUT2D eigenvalue weighted by Crippen LogP contribution is 2.46. The van der Waals surface area contributed by atoms with Crippen LogP contribution in [0, 0.1) is 11.8 Å². The average Bonchev–Trinajstić information content (AvgIpc) is 2.26. The lowest BCUT2D eigenvalue weighted by Gasteiger charge is -2.49. The van der Waals surface area contributed by atoms with E-state index in [4.69, 9.17) is 10.6 Å². The summed E-state index contributed by atoms with van der Waals surface area (Å²) in [5.74, 6) is 7.47. The van der Waals surface area contributed by atoms with Gasteiger partial charge in [-0.3, -0.25) is 11.3 Å². The van der Waals surface area contributed by atoms with Crippen LogP contribution in [0.15, 0.2) is 0 Å². The first-order valence-electron chi connectivity index (χ1n) is 7.41. The first-order chi connectivity index (χ1) is 8.31. The maximum Gasteiger partial charge on any atom is 0.0685 e. The van der Waals surface area contributed by atoms with Gasteiger partial charge >= 0.3 is 0 Å². The Bertz CT molecular complexity index is 261. The van der Waals surface area contributed by atoms with Crippen molar-refractivity contribution in [2.45, 2.75) is 69.4 Å². The van der Waals surface area contributed by atoms with Gasteiger partial charge in [0.2, 0.25) is 0 Å². The Labute approximate surface area is 104 Å². The molecule has 1 spiro atoms. The van der Waals surface area contributed by atoms with Crippen molar-refractivity contribution in [2.75, 3.05) is 6.61 Å². The van der Waals surface area contributed by atoms with E-state index in [1.165, 1.54) is 57.8 Å². The second-order valence-corrected chi connectivity index (χ2v) is 6.44. The molecule has 2 unspecified atom stereocenters. The van der Waals surface area contributed by atoms with Crippen LogP contribution in [0.3, 0.4) is 0 Å². The molecule has 3 N–H and O–H groups in total. The van der Waals surface area contributed by atoms with E-state index in [1.54, 1.807) is 0 Å². The molecular formula is C14H26N2O. The Hall–Kier alpha value is -0.120. The fourth-order valence-corrected chi connectivity index (χ4v) is 3.81.